The van der Waals surface area contributed by atoms with Crippen molar-refractivity contribution in [3.05, 3.63) is 58.6 Å². The summed E-state index contributed by atoms with van der Waals surface area (Å²) in [5.74, 6) is 0. The number of benzene rings is 2. The van der Waals surface area contributed by atoms with Gasteiger partial charge in [-0.15, -0.1) is 0 Å². The van der Waals surface area contributed by atoms with Crippen molar-refractivity contribution in [1.29, 1.82) is 0 Å². The first-order chi connectivity index (χ1) is 9.72. The predicted molar refractivity (Wildman–Crippen MR) is 91.0 cm³/mol. The van der Waals surface area contributed by atoms with Gasteiger partial charge in [-0.05, 0) is 46.1 Å². The van der Waals surface area contributed by atoms with Gasteiger partial charge in [0.15, 0.2) is 0 Å². The van der Waals surface area contributed by atoms with Crippen LogP contribution in [0.4, 0.5) is 11.4 Å². The van der Waals surface area contributed by atoms with Gasteiger partial charge in [-0.2, -0.15) is 0 Å². The van der Waals surface area contributed by atoms with E-state index in [0.717, 1.165) is 23.2 Å². The number of rotatable bonds is 6. The molecule has 0 atom stereocenters. The summed E-state index contributed by atoms with van der Waals surface area (Å²) in [5, 5.41) is 0. The zero-order valence-corrected chi connectivity index (χ0v) is 13.4. The van der Waals surface area contributed by atoms with Crippen LogP contribution in [0.1, 0.15) is 25.3 Å². The van der Waals surface area contributed by atoms with Crippen LogP contribution in [0, 0.1) is 0 Å². The van der Waals surface area contributed by atoms with Gasteiger partial charge in [-0.25, -0.2) is 0 Å². The fraction of sp³-hybridized carbons (Fsp3) is 0.294. The van der Waals surface area contributed by atoms with E-state index in [-0.39, 0.29) is 0 Å². The Labute approximate surface area is 129 Å². The number of hydrogen-bond donors (Lipinski definition) is 1. The summed E-state index contributed by atoms with van der Waals surface area (Å²) in [5.41, 5.74) is 9.25. The van der Waals surface area contributed by atoms with Gasteiger partial charge in [-0.3, -0.25) is 0 Å². The third kappa shape index (κ3) is 3.76. The van der Waals surface area contributed by atoms with Crippen molar-refractivity contribution < 1.29 is 0 Å². The number of para-hydroxylation sites is 1. The maximum absolute atomic E-state index is 5.97. The van der Waals surface area contributed by atoms with Gasteiger partial charge in [-0.1, -0.05) is 43.7 Å². The van der Waals surface area contributed by atoms with E-state index in [4.69, 9.17) is 5.73 Å². The maximum atomic E-state index is 5.97. The summed E-state index contributed by atoms with van der Waals surface area (Å²) in [6.45, 7) is 4.15. The molecule has 106 valence electrons. The summed E-state index contributed by atoms with van der Waals surface area (Å²) in [6.07, 6.45) is 2.39. The number of nitrogen functional groups attached to an aromatic ring is 1. The second-order valence-corrected chi connectivity index (χ2v) is 5.72. The van der Waals surface area contributed by atoms with E-state index in [2.05, 4.69) is 64.2 Å². The number of nitrogens with zero attached hydrogens (tertiary/aromatic N) is 1. The Morgan fingerprint density at radius 3 is 2.50 bits per heavy atom. The van der Waals surface area contributed by atoms with Gasteiger partial charge in [0, 0.05) is 28.9 Å². The van der Waals surface area contributed by atoms with Crippen LogP contribution >= 0.6 is 15.9 Å². The number of nitrogens with two attached hydrogens (primary N) is 1. The Balaban J connectivity index is 2.21. The average molecular weight is 333 g/mol. The highest BCUT2D eigenvalue weighted by molar-refractivity contribution is 9.10. The molecule has 20 heavy (non-hydrogen) atoms. The monoisotopic (exact) mass is 332 g/mol. The highest BCUT2D eigenvalue weighted by Crippen LogP contribution is 2.27. The minimum Gasteiger partial charge on any atom is -0.398 e. The van der Waals surface area contributed by atoms with E-state index in [1.54, 1.807) is 0 Å². The summed E-state index contributed by atoms with van der Waals surface area (Å²) < 4.78 is 1.01. The topological polar surface area (TPSA) is 29.3 Å². The van der Waals surface area contributed by atoms with Crippen LogP contribution in [-0.2, 0) is 6.54 Å². The molecule has 2 aromatic carbocycles. The first-order valence-corrected chi connectivity index (χ1v) is 7.84. The minimum absolute atomic E-state index is 0.797. The van der Waals surface area contributed by atoms with Gasteiger partial charge in [0.25, 0.3) is 0 Å². The number of anilines is 2. The van der Waals surface area contributed by atoms with Gasteiger partial charge in [0.1, 0.15) is 0 Å². The molecule has 2 nitrogen and oxygen atoms in total. The van der Waals surface area contributed by atoms with E-state index < -0.39 is 0 Å². The summed E-state index contributed by atoms with van der Waals surface area (Å²) in [4.78, 5) is 2.41. The SMILES string of the molecule is CCCCN(Cc1cccc(N)c1Br)c1ccccc1. The Morgan fingerprint density at radius 2 is 1.80 bits per heavy atom. The van der Waals surface area contributed by atoms with Crippen molar-refractivity contribution in [3.63, 3.8) is 0 Å². The Kier molecular flexibility index (Phi) is 5.48. The number of unbranched alkanes of at least 4 members (excludes halogenated alkanes) is 1. The van der Waals surface area contributed by atoms with Crippen molar-refractivity contribution >= 4 is 27.3 Å². The van der Waals surface area contributed by atoms with E-state index >= 15 is 0 Å². The lowest BCUT2D eigenvalue weighted by Gasteiger charge is -2.25. The molecule has 0 saturated carbocycles. The summed E-state index contributed by atoms with van der Waals surface area (Å²) in [7, 11) is 0. The molecule has 0 aliphatic carbocycles. The molecule has 0 unspecified atom stereocenters. The van der Waals surface area contributed by atoms with Gasteiger partial charge in [0.2, 0.25) is 0 Å². The lowest BCUT2D eigenvalue weighted by atomic mass is 10.1. The van der Waals surface area contributed by atoms with E-state index in [0.29, 0.717) is 0 Å². The molecule has 3 heteroatoms. The van der Waals surface area contributed by atoms with Crippen LogP contribution in [0.3, 0.4) is 0 Å². The molecule has 0 amide bonds. The molecule has 2 N–H and O–H groups in total. The molecule has 0 aliphatic heterocycles. The van der Waals surface area contributed by atoms with Crippen LogP contribution in [0.5, 0.6) is 0 Å². The first kappa shape index (κ1) is 14.9. The van der Waals surface area contributed by atoms with Crippen LogP contribution in [0.2, 0.25) is 0 Å². The molecular formula is C17H21BrN2. The largest absolute Gasteiger partial charge is 0.398 e. The van der Waals surface area contributed by atoms with Crippen LogP contribution in [0.25, 0.3) is 0 Å². The van der Waals surface area contributed by atoms with Crippen molar-refractivity contribution in [2.45, 2.75) is 26.3 Å². The maximum Gasteiger partial charge on any atom is 0.0461 e. The van der Waals surface area contributed by atoms with E-state index in [1.807, 2.05) is 12.1 Å². The Morgan fingerprint density at radius 1 is 1.05 bits per heavy atom. The van der Waals surface area contributed by atoms with Crippen molar-refractivity contribution in [2.24, 2.45) is 0 Å². The van der Waals surface area contributed by atoms with Gasteiger partial charge >= 0.3 is 0 Å². The third-order valence-corrected chi connectivity index (χ3v) is 4.34. The average Bonchev–Trinajstić information content (AvgIpc) is 2.48. The molecule has 0 aromatic heterocycles. The van der Waals surface area contributed by atoms with Crippen LogP contribution < -0.4 is 10.6 Å². The van der Waals surface area contributed by atoms with Gasteiger partial charge in [0.05, 0.1) is 0 Å². The van der Waals surface area contributed by atoms with E-state index in [9.17, 15) is 0 Å². The summed E-state index contributed by atoms with van der Waals surface area (Å²) in [6, 6.07) is 16.6. The zero-order chi connectivity index (χ0) is 14.4. The van der Waals surface area contributed by atoms with Crippen molar-refractivity contribution in [3.8, 4) is 0 Å². The smallest absolute Gasteiger partial charge is 0.0461 e. The van der Waals surface area contributed by atoms with Gasteiger partial charge < -0.3 is 10.6 Å². The lowest BCUT2D eigenvalue weighted by Crippen LogP contribution is -2.24. The molecule has 0 heterocycles. The van der Waals surface area contributed by atoms with Crippen molar-refractivity contribution in [1.82, 2.24) is 0 Å². The second-order valence-electron chi connectivity index (χ2n) is 4.93. The minimum atomic E-state index is 0.797. The fourth-order valence-corrected chi connectivity index (χ4v) is 2.60. The predicted octanol–water partition coefficient (Wildman–Crippen LogP) is 4.84. The quantitative estimate of drug-likeness (QED) is 0.767. The summed E-state index contributed by atoms with van der Waals surface area (Å²) >= 11 is 3.60. The second kappa shape index (κ2) is 7.34. The molecular weight excluding hydrogens is 312 g/mol. The Bertz CT molecular complexity index is 540. The number of halogens is 1. The third-order valence-electron chi connectivity index (χ3n) is 3.37. The standard InChI is InChI=1S/C17H21BrN2/c1-2-3-12-20(15-9-5-4-6-10-15)13-14-8-7-11-16(19)17(14)18/h4-11H,2-3,12-13,19H2,1H3. The molecule has 0 spiro atoms. The molecule has 0 fully saturated rings. The first-order valence-electron chi connectivity index (χ1n) is 7.05. The highest BCUT2D eigenvalue weighted by Gasteiger charge is 2.10. The molecule has 0 aliphatic rings. The molecule has 0 bridgehead atoms. The molecule has 0 radical (unpaired) electrons. The Hall–Kier alpha value is -1.48. The van der Waals surface area contributed by atoms with Crippen LogP contribution in [0.15, 0.2) is 53.0 Å². The van der Waals surface area contributed by atoms with Crippen molar-refractivity contribution in [2.75, 3.05) is 17.2 Å². The normalized spacial score (nSPS) is 10.5. The zero-order valence-electron chi connectivity index (χ0n) is 11.8. The fourth-order valence-electron chi connectivity index (χ4n) is 2.21. The highest BCUT2D eigenvalue weighted by atomic mass is 79.9. The van der Waals surface area contributed by atoms with E-state index in [1.165, 1.54) is 24.1 Å². The molecule has 2 rings (SSSR count). The van der Waals surface area contributed by atoms with Crippen LogP contribution in [-0.4, -0.2) is 6.54 Å². The molecule has 0 saturated heterocycles. The number of hydrogen-bond acceptors (Lipinski definition) is 2. The lowest BCUT2D eigenvalue weighted by molar-refractivity contribution is 0.715. The molecule has 2 aromatic rings.